The summed E-state index contributed by atoms with van der Waals surface area (Å²) in [5, 5.41) is 3.11. The average molecular weight is 494 g/mol. The first-order valence-electron chi connectivity index (χ1n) is 9.74. The minimum absolute atomic E-state index is 0. The Morgan fingerprint density at radius 1 is 1.04 bits per heavy atom. The lowest BCUT2D eigenvalue weighted by Crippen LogP contribution is -2.24. The predicted octanol–water partition coefficient (Wildman–Crippen LogP) is 4.62. The van der Waals surface area contributed by atoms with Gasteiger partial charge in [-0.25, -0.2) is 4.99 Å². The number of nitrogens with zero attached hydrogens (tertiary/aromatic N) is 2. The second-order valence-corrected chi connectivity index (χ2v) is 7.07. The van der Waals surface area contributed by atoms with Crippen LogP contribution in [0.15, 0.2) is 53.5 Å². The molecule has 0 radical (unpaired) electrons. The quantitative estimate of drug-likeness (QED) is 0.350. The summed E-state index contributed by atoms with van der Waals surface area (Å²) < 4.78 is 5.16. The van der Waals surface area contributed by atoms with Gasteiger partial charge in [-0.15, -0.1) is 24.0 Å². The zero-order chi connectivity index (χ0) is 18.9. The Morgan fingerprint density at radius 3 is 2.39 bits per heavy atom. The molecule has 5 nitrogen and oxygen atoms in total. The van der Waals surface area contributed by atoms with Gasteiger partial charge < -0.3 is 15.8 Å². The van der Waals surface area contributed by atoms with Crippen molar-refractivity contribution in [2.45, 2.75) is 38.8 Å². The third-order valence-electron chi connectivity index (χ3n) is 4.89. The number of anilines is 1. The molecule has 0 saturated carbocycles. The molecule has 0 amide bonds. The fourth-order valence-corrected chi connectivity index (χ4v) is 3.42. The van der Waals surface area contributed by atoms with E-state index in [0.29, 0.717) is 12.5 Å². The van der Waals surface area contributed by atoms with Gasteiger partial charge >= 0.3 is 0 Å². The van der Waals surface area contributed by atoms with Gasteiger partial charge in [0.25, 0.3) is 0 Å². The summed E-state index contributed by atoms with van der Waals surface area (Å²) >= 11 is 0. The van der Waals surface area contributed by atoms with Crippen LogP contribution in [0.25, 0.3) is 0 Å². The van der Waals surface area contributed by atoms with E-state index in [1.54, 1.807) is 7.11 Å². The number of rotatable bonds is 6. The number of guanidine groups is 1. The molecule has 3 rings (SSSR count). The van der Waals surface area contributed by atoms with E-state index in [9.17, 15) is 0 Å². The second kappa shape index (κ2) is 11.9. The zero-order valence-electron chi connectivity index (χ0n) is 16.6. The Bertz CT molecular complexity index is 740. The Morgan fingerprint density at radius 2 is 1.71 bits per heavy atom. The maximum atomic E-state index is 6.03. The summed E-state index contributed by atoms with van der Waals surface area (Å²) in [6, 6.07) is 16.3. The number of hydrogen-bond donors (Lipinski definition) is 2. The Hall–Kier alpha value is -1.80. The monoisotopic (exact) mass is 494 g/mol. The number of hydrogen-bond acceptors (Lipinski definition) is 3. The van der Waals surface area contributed by atoms with E-state index < -0.39 is 0 Å². The van der Waals surface area contributed by atoms with Gasteiger partial charge in [0, 0.05) is 12.2 Å². The number of halogens is 1. The maximum absolute atomic E-state index is 6.03. The molecular formula is C22H31IN4O. The largest absolute Gasteiger partial charge is 0.497 e. The summed E-state index contributed by atoms with van der Waals surface area (Å²) in [4.78, 5) is 7.04. The first-order chi connectivity index (χ1) is 13.2. The lowest BCUT2D eigenvalue weighted by Gasteiger charge is -2.20. The SMILES string of the molecule is COc1ccc(NC(N)=NCc2cccc(CN3CCCCCC3)c2)cc1.I. The molecule has 28 heavy (non-hydrogen) atoms. The first kappa shape index (κ1) is 22.5. The van der Waals surface area contributed by atoms with Crippen LogP contribution in [0.5, 0.6) is 5.75 Å². The van der Waals surface area contributed by atoms with Gasteiger partial charge in [0.15, 0.2) is 5.96 Å². The summed E-state index contributed by atoms with van der Waals surface area (Å²) in [5.41, 5.74) is 9.46. The number of methoxy groups -OCH3 is 1. The maximum Gasteiger partial charge on any atom is 0.193 e. The van der Waals surface area contributed by atoms with Gasteiger partial charge in [-0.05, 0) is 61.3 Å². The molecule has 1 aliphatic rings. The van der Waals surface area contributed by atoms with E-state index in [-0.39, 0.29) is 24.0 Å². The lowest BCUT2D eigenvalue weighted by atomic mass is 10.1. The van der Waals surface area contributed by atoms with Crippen molar-refractivity contribution >= 4 is 35.6 Å². The summed E-state index contributed by atoms with van der Waals surface area (Å²) in [5.74, 6) is 1.23. The van der Waals surface area contributed by atoms with Gasteiger partial charge in [-0.3, -0.25) is 4.90 Å². The van der Waals surface area contributed by atoms with Crippen LogP contribution in [0, 0.1) is 0 Å². The number of nitrogens with one attached hydrogen (secondary N) is 1. The number of aliphatic imine (C=N–C) groups is 1. The molecule has 0 atom stereocenters. The van der Waals surface area contributed by atoms with Crippen LogP contribution in [-0.4, -0.2) is 31.1 Å². The van der Waals surface area contributed by atoms with E-state index in [4.69, 9.17) is 10.5 Å². The molecule has 0 aliphatic carbocycles. The van der Waals surface area contributed by atoms with Crippen LogP contribution < -0.4 is 15.8 Å². The van der Waals surface area contributed by atoms with Crippen molar-refractivity contribution in [3.05, 3.63) is 59.7 Å². The van der Waals surface area contributed by atoms with Crippen LogP contribution >= 0.6 is 24.0 Å². The number of ether oxygens (including phenoxy) is 1. The van der Waals surface area contributed by atoms with Crippen LogP contribution in [0.3, 0.4) is 0 Å². The molecule has 0 spiro atoms. The highest BCUT2D eigenvalue weighted by molar-refractivity contribution is 14.0. The van der Waals surface area contributed by atoms with E-state index in [1.165, 1.54) is 49.9 Å². The molecule has 0 bridgehead atoms. The number of nitrogens with two attached hydrogens (primary N) is 1. The Balaban J connectivity index is 0.00000280. The minimum Gasteiger partial charge on any atom is -0.497 e. The first-order valence-corrected chi connectivity index (χ1v) is 9.74. The molecular weight excluding hydrogens is 463 g/mol. The topological polar surface area (TPSA) is 62.9 Å². The zero-order valence-corrected chi connectivity index (χ0v) is 18.9. The molecule has 2 aromatic rings. The third kappa shape index (κ3) is 7.31. The molecule has 6 heteroatoms. The van der Waals surface area contributed by atoms with Crippen LogP contribution in [0.1, 0.15) is 36.8 Å². The van der Waals surface area contributed by atoms with Crippen LogP contribution in [0.4, 0.5) is 5.69 Å². The molecule has 0 unspecified atom stereocenters. The van der Waals surface area contributed by atoms with E-state index in [0.717, 1.165) is 18.0 Å². The molecule has 1 saturated heterocycles. The van der Waals surface area contributed by atoms with Crippen molar-refractivity contribution in [1.82, 2.24) is 4.90 Å². The van der Waals surface area contributed by atoms with Gasteiger partial charge in [0.05, 0.1) is 13.7 Å². The minimum atomic E-state index is 0. The number of benzene rings is 2. The van der Waals surface area contributed by atoms with E-state index >= 15 is 0 Å². The highest BCUT2D eigenvalue weighted by Gasteiger charge is 2.09. The molecule has 152 valence electrons. The Labute approximate surface area is 185 Å². The fourth-order valence-electron chi connectivity index (χ4n) is 3.42. The molecule has 1 aliphatic heterocycles. The van der Waals surface area contributed by atoms with Crippen LogP contribution in [0.2, 0.25) is 0 Å². The standard InChI is InChI=1S/C22H30N4O.HI/c1-27-21-11-9-20(10-12-21)25-22(23)24-16-18-7-6-8-19(15-18)17-26-13-4-2-3-5-14-26;/h6-12,15H,2-5,13-14,16-17H2,1H3,(H3,23,24,25);1H. The van der Waals surface area contributed by atoms with Crippen molar-refractivity contribution in [2.75, 3.05) is 25.5 Å². The highest BCUT2D eigenvalue weighted by atomic mass is 127. The predicted molar refractivity (Wildman–Crippen MR) is 128 cm³/mol. The third-order valence-corrected chi connectivity index (χ3v) is 4.89. The van der Waals surface area contributed by atoms with Crippen molar-refractivity contribution in [1.29, 1.82) is 0 Å². The molecule has 0 aromatic heterocycles. The van der Waals surface area contributed by atoms with Gasteiger partial charge in [-0.1, -0.05) is 37.1 Å². The van der Waals surface area contributed by atoms with Crippen molar-refractivity contribution < 1.29 is 4.74 Å². The lowest BCUT2D eigenvalue weighted by molar-refractivity contribution is 0.277. The fraction of sp³-hybridized carbons (Fsp3) is 0.409. The van der Waals surface area contributed by atoms with Gasteiger partial charge in [0.1, 0.15) is 5.75 Å². The van der Waals surface area contributed by atoms with Crippen LogP contribution in [-0.2, 0) is 13.1 Å². The van der Waals surface area contributed by atoms with Gasteiger partial charge in [0.2, 0.25) is 0 Å². The molecule has 2 aromatic carbocycles. The number of likely N-dealkylation sites (tertiary alicyclic amines) is 1. The normalized spacial score (nSPS) is 15.4. The summed E-state index contributed by atoms with van der Waals surface area (Å²) in [6.45, 7) is 4.02. The Kier molecular flexibility index (Phi) is 9.57. The molecule has 3 N–H and O–H groups in total. The summed E-state index contributed by atoms with van der Waals surface area (Å²) in [7, 11) is 1.65. The van der Waals surface area contributed by atoms with E-state index in [1.807, 2.05) is 24.3 Å². The smallest absolute Gasteiger partial charge is 0.193 e. The molecule has 1 heterocycles. The average Bonchev–Trinajstić information content (AvgIpc) is 2.96. The highest BCUT2D eigenvalue weighted by Crippen LogP contribution is 2.16. The van der Waals surface area contributed by atoms with Crippen molar-refractivity contribution in [2.24, 2.45) is 10.7 Å². The van der Waals surface area contributed by atoms with Crippen molar-refractivity contribution in [3.8, 4) is 5.75 Å². The molecule has 1 fully saturated rings. The van der Waals surface area contributed by atoms with Gasteiger partial charge in [-0.2, -0.15) is 0 Å². The second-order valence-electron chi connectivity index (χ2n) is 7.07. The van der Waals surface area contributed by atoms with Crippen molar-refractivity contribution in [3.63, 3.8) is 0 Å². The van der Waals surface area contributed by atoms with E-state index in [2.05, 4.69) is 39.5 Å². The summed E-state index contributed by atoms with van der Waals surface area (Å²) in [6.07, 6.45) is 5.37.